The first-order valence-electron chi connectivity index (χ1n) is 8.20. The Bertz CT molecular complexity index is 774. The standard InChI is InChI=1S/C18H22ClN3O4/c1-11(2)16-15(17(19)22(3)21-16)13(9-14(23)24)20-18(25)26-10-12-7-5-4-6-8-12/h4-8,11,13H,9-10H2,1-3H3,(H,20,25)(H,23,24)/t13-/m1/s1. The molecule has 0 fully saturated rings. The Kier molecular flexibility index (Phi) is 6.63. The lowest BCUT2D eigenvalue weighted by Gasteiger charge is -2.18. The quantitative estimate of drug-likeness (QED) is 0.766. The van der Waals surface area contributed by atoms with E-state index in [1.54, 1.807) is 7.05 Å². The summed E-state index contributed by atoms with van der Waals surface area (Å²) >= 11 is 6.31. The van der Waals surface area contributed by atoms with Crippen LogP contribution < -0.4 is 5.32 Å². The van der Waals surface area contributed by atoms with Crippen molar-refractivity contribution in [2.24, 2.45) is 7.05 Å². The summed E-state index contributed by atoms with van der Waals surface area (Å²) in [6, 6.07) is 8.37. The second kappa shape index (κ2) is 8.71. The van der Waals surface area contributed by atoms with Crippen LogP contribution in [-0.2, 0) is 23.2 Å². The molecule has 1 amide bonds. The van der Waals surface area contributed by atoms with Crippen LogP contribution in [0.1, 0.15) is 49.0 Å². The molecular weight excluding hydrogens is 358 g/mol. The van der Waals surface area contributed by atoms with Crippen LogP contribution in [0.2, 0.25) is 5.15 Å². The van der Waals surface area contributed by atoms with Crippen LogP contribution in [0.5, 0.6) is 0 Å². The van der Waals surface area contributed by atoms with E-state index in [1.807, 2.05) is 44.2 Å². The number of aromatic nitrogens is 2. The number of carboxylic acid groups (broad SMARTS) is 1. The molecule has 0 bridgehead atoms. The number of rotatable bonds is 7. The van der Waals surface area contributed by atoms with Crippen molar-refractivity contribution in [2.45, 2.75) is 38.8 Å². The van der Waals surface area contributed by atoms with Gasteiger partial charge in [0.05, 0.1) is 18.2 Å². The fourth-order valence-electron chi connectivity index (χ4n) is 2.60. The summed E-state index contributed by atoms with van der Waals surface area (Å²) in [5, 5.41) is 16.5. The molecule has 140 valence electrons. The zero-order chi connectivity index (χ0) is 19.3. The highest BCUT2D eigenvalue weighted by atomic mass is 35.5. The SMILES string of the molecule is CC(C)c1nn(C)c(Cl)c1[C@@H](CC(=O)O)NC(=O)OCc1ccccc1. The number of carbonyl (C=O) groups is 2. The van der Waals surface area contributed by atoms with Crippen molar-refractivity contribution in [3.8, 4) is 0 Å². The number of benzene rings is 1. The number of aliphatic carboxylic acids is 1. The highest BCUT2D eigenvalue weighted by Crippen LogP contribution is 2.32. The molecule has 0 aliphatic heterocycles. The summed E-state index contributed by atoms with van der Waals surface area (Å²) in [7, 11) is 1.67. The van der Waals surface area contributed by atoms with Crippen molar-refractivity contribution in [1.82, 2.24) is 15.1 Å². The molecule has 0 saturated carbocycles. The number of halogens is 1. The second-order valence-corrected chi connectivity index (χ2v) is 6.58. The monoisotopic (exact) mass is 379 g/mol. The number of carbonyl (C=O) groups excluding carboxylic acids is 1. The lowest BCUT2D eigenvalue weighted by molar-refractivity contribution is -0.137. The van der Waals surface area contributed by atoms with E-state index in [-0.39, 0.29) is 18.9 Å². The van der Waals surface area contributed by atoms with E-state index < -0.39 is 18.1 Å². The van der Waals surface area contributed by atoms with Gasteiger partial charge in [-0.15, -0.1) is 0 Å². The summed E-state index contributed by atoms with van der Waals surface area (Å²) in [6.07, 6.45) is -1.04. The first-order valence-corrected chi connectivity index (χ1v) is 8.58. The lowest BCUT2D eigenvalue weighted by Crippen LogP contribution is -2.31. The minimum Gasteiger partial charge on any atom is -0.481 e. The van der Waals surface area contributed by atoms with Crippen LogP contribution in [0, 0.1) is 0 Å². The molecule has 8 heteroatoms. The van der Waals surface area contributed by atoms with Crippen molar-refractivity contribution in [2.75, 3.05) is 0 Å². The third kappa shape index (κ3) is 4.98. The van der Waals surface area contributed by atoms with E-state index in [0.717, 1.165) is 5.56 Å². The smallest absolute Gasteiger partial charge is 0.407 e. The van der Waals surface area contributed by atoms with Crippen LogP contribution in [0.25, 0.3) is 0 Å². The normalized spacial score (nSPS) is 12.0. The number of ether oxygens (including phenoxy) is 1. The summed E-state index contributed by atoms with van der Waals surface area (Å²) in [6.45, 7) is 3.94. The zero-order valence-corrected chi connectivity index (χ0v) is 15.7. The largest absolute Gasteiger partial charge is 0.481 e. The third-order valence-corrected chi connectivity index (χ3v) is 4.27. The number of hydrogen-bond donors (Lipinski definition) is 2. The Labute approximate surface area is 156 Å². The first-order chi connectivity index (χ1) is 12.3. The van der Waals surface area contributed by atoms with Crippen LogP contribution in [0.4, 0.5) is 4.79 Å². The highest BCUT2D eigenvalue weighted by molar-refractivity contribution is 6.30. The number of alkyl carbamates (subject to hydrolysis) is 1. The van der Waals surface area contributed by atoms with Gasteiger partial charge in [-0.2, -0.15) is 5.10 Å². The van der Waals surface area contributed by atoms with E-state index in [1.165, 1.54) is 4.68 Å². The number of nitrogens with one attached hydrogen (secondary N) is 1. The fourth-order valence-corrected chi connectivity index (χ4v) is 2.86. The van der Waals surface area contributed by atoms with Crippen molar-refractivity contribution >= 4 is 23.7 Å². The molecule has 2 N–H and O–H groups in total. The Morgan fingerprint density at radius 1 is 1.31 bits per heavy atom. The molecule has 1 aromatic heterocycles. The van der Waals surface area contributed by atoms with Crippen molar-refractivity contribution in [3.05, 3.63) is 52.3 Å². The minimum atomic E-state index is -1.06. The molecule has 26 heavy (non-hydrogen) atoms. The Morgan fingerprint density at radius 2 is 1.96 bits per heavy atom. The van der Waals surface area contributed by atoms with Gasteiger partial charge in [-0.05, 0) is 11.5 Å². The van der Waals surface area contributed by atoms with Crippen molar-refractivity contribution in [1.29, 1.82) is 0 Å². The topological polar surface area (TPSA) is 93.5 Å². The minimum absolute atomic E-state index is 0.0159. The molecule has 0 aliphatic carbocycles. The number of nitrogens with zero attached hydrogens (tertiary/aromatic N) is 2. The van der Waals surface area contributed by atoms with Crippen LogP contribution in [0.3, 0.4) is 0 Å². The van der Waals surface area contributed by atoms with Gasteiger partial charge in [-0.25, -0.2) is 4.79 Å². The maximum Gasteiger partial charge on any atom is 0.407 e. The van der Waals surface area contributed by atoms with Crippen LogP contribution in [0.15, 0.2) is 30.3 Å². The second-order valence-electron chi connectivity index (χ2n) is 6.22. The summed E-state index contributed by atoms with van der Waals surface area (Å²) in [4.78, 5) is 23.5. The number of aryl methyl sites for hydroxylation is 1. The molecule has 0 saturated heterocycles. The predicted octanol–water partition coefficient (Wildman–Crippen LogP) is 3.64. The molecule has 0 spiro atoms. The van der Waals surface area contributed by atoms with Gasteiger partial charge < -0.3 is 15.2 Å². The number of hydrogen-bond acceptors (Lipinski definition) is 4. The van der Waals surface area contributed by atoms with Crippen molar-refractivity contribution in [3.63, 3.8) is 0 Å². The average molecular weight is 380 g/mol. The van der Waals surface area contributed by atoms with Gasteiger partial charge in [0.1, 0.15) is 11.8 Å². The molecule has 2 rings (SSSR count). The van der Waals surface area contributed by atoms with Gasteiger partial charge in [0.25, 0.3) is 0 Å². The molecule has 1 heterocycles. The maximum atomic E-state index is 12.2. The van der Waals surface area contributed by atoms with Gasteiger partial charge in [-0.3, -0.25) is 9.48 Å². The van der Waals surface area contributed by atoms with E-state index in [2.05, 4.69) is 10.4 Å². The average Bonchev–Trinajstić information content (AvgIpc) is 2.88. The Balaban J connectivity index is 2.17. The summed E-state index contributed by atoms with van der Waals surface area (Å²) < 4.78 is 6.67. The number of amides is 1. The molecule has 0 radical (unpaired) electrons. The molecule has 0 aliphatic rings. The molecule has 1 aromatic carbocycles. The van der Waals surface area contributed by atoms with Gasteiger partial charge >= 0.3 is 12.1 Å². The summed E-state index contributed by atoms with van der Waals surface area (Å²) in [5.74, 6) is -1.05. The zero-order valence-electron chi connectivity index (χ0n) is 14.9. The van der Waals surface area contributed by atoms with E-state index in [4.69, 9.17) is 16.3 Å². The first kappa shape index (κ1) is 19.8. The maximum absolute atomic E-state index is 12.2. The van der Waals surface area contributed by atoms with E-state index in [0.29, 0.717) is 16.4 Å². The van der Waals surface area contributed by atoms with Gasteiger partial charge in [0.2, 0.25) is 0 Å². The van der Waals surface area contributed by atoms with Crippen LogP contribution in [-0.4, -0.2) is 26.9 Å². The number of carboxylic acids is 1. The molecule has 0 unspecified atom stereocenters. The third-order valence-electron chi connectivity index (χ3n) is 3.82. The van der Waals surface area contributed by atoms with E-state index in [9.17, 15) is 14.7 Å². The van der Waals surface area contributed by atoms with Gasteiger partial charge in [-0.1, -0.05) is 55.8 Å². The highest BCUT2D eigenvalue weighted by Gasteiger charge is 2.28. The Hall–Kier alpha value is -2.54. The van der Waals surface area contributed by atoms with E-state index >= 15 is 0 Å². The molecule has 2 aromatic rings. The summed E-state index contributed by atoms with van der Waals surface area (Å²) in [5.41, 5.74) is 1.98. The van der Waals surface area contributed by atoms with Crippen LogP contribution >= 0.6 is 11.6 Å². The molecule has 1 atom stereocenters. The fraction of sp³-hybridized carbons (Fsp3) is 0.389. The molecule has 7 nitrogen and oxygen atoms in total. The van der Waals surface area contributed by atoms with Gasteiger partial charge in [0, 0.05) is 12.6 Å². The predicted molar refractivity (Wildman–Crippen MR) is 97.1 cm³/mol. The lowest BCUT2D eigenvalue weighted by atomic mass is 9.98. The van der Waals surface area contributed by atoms with Crippen molar-refractivity contribution < 1.29 is 19.4 Å². The Morgan fingerprint density at radius 3 is 2.54 bits per heavy atom. The van der Waals surface area contributed by atoms with Gasteiger partial charge in [0.15, 0.2) is 0 Å². The molecular formula is C18H22ClN3O4.